The van der Waals surface area contributed by atoms with Crippen LogP contribution in [0.15, 0.2) is 53.8 Å². The zero-order valence-corrected chi connectivity index (χ0v) is 12.1. The molecule has 0 bridgehead atoms. The quantitative estimate of drug-likeness (QED) is 0.656. The van der Waals surface area contributed by atoms with Gasteiger partial charge >= 0.3 is 0 Å². The number of aromatic nitrogens is 2. The van der Waals surface area contributed by atoms with E-state index in [0.29, 0.717) is 0 Å². The third-order valence-electron chi connectivity index (χ3n) is 2.99. The Bertz CT molecular complexity index is 707. The first kappa shape index (κ1) is 12.6. The third kappa shape index (κ3) is 2.62. The highest BCUT2D eigenvalue weighted by atomic mass is 35.5. The van der Waals surface area contributed by atoms with Crippen molar-refractivity contribution in [3.05, 3.63) is 65.2 Å². The molecule has 0 atom stereocenters. The van der Waals surface area contributed by atoms with Gasteiger partial charge in [0.05, 0.1) is 22.6 Å². The van der Waals surface area contributed by atoms with Crippen LogP contribution in [0.4, 0.5) is 0 Å². The molecule has 3 aromatic rings. The first-order valence-electron chi connectivity index (χ1n) is 6.03. The van der Waals surface area contributed by atoms with Gasteiger partial charge in [-0.15, -0.1) is 11.8 Å². The summed E-state index contributed by atoms with van der Waals surface area (Å²) in [6.45, 7) is 1.97. The van der Waals surface area contributed by atoms with Gasteiger partial charge in [-0.3, -0.25) is 0 Å². The van der Waals surface area contributed by atoms with E-state index in [1.165, 1.54) is 5.56 Å². The van der Waals surface area contributed by atoms with Crippen LogP contribution < -0.4 is 0 Å². The fourth-order valence-corrected chi connectivity index (χ4v) is 3.37. The maximum atomic E-state index is 6.32. The number of pyridine rings is 1. The predicted octanol–water partition coefficient (Wildman–Crippen LogP) is 4.59. The second-order valence-electron chi connectivity index (χ2n) is 4.38. The Morgan fingerprint density at radius 2 is 2.05 bits per heavy atom. The molecule has 19 heavy (non-hydrogen) atoms. The van der Waals surface area contributed by atoms with Crippen molar-refractivity contribution in [1.29, 1.82) is 0 Å². The molecule has 0 amide bonds. The van der Waals surface area contributed by atoms with E-state index < -0.39 is 0 Å². The van der Waals surface area contributed by atoms with Crippen LogP contribution in [0.5, 0.6) is 0 Å². The molecule has 0 aliphatic heterocycles. The number of thioether (sulfide) groups is 1. The molecule has 3 rings (SSSR count). The molecule has 2 nitrogen and oxygen atoms in total. The molecule has 0 saturated carbocycles. The number of imidazole rings is 1. The Morgan fingerprint density at radius 3 is 2.84 bits per heavy atom. The van der Waals surface area contributed by atoms with E-state index >= 15 is 0 Å². The summed E-state index contributed by atoms with van der Waals surface area (Å²) in [5.41, 5.74) is 3.26. The van der Waals surface area contributed by atoms with Crippen molar-refractivity contribution in [2.45, 2.75) is 17.6 Å². The van der Waals surface area contributed by atoms with Crippen molar-refractivity contribution in [2.24, 2.45) is 0 Å². The summed E-state index contributed by atoms with van der Waals surface area (Å²) in [4.78, 5) is 5.44. The number of nitrogens with zero attached hydrogens (tertiary/aromatic N) is 2. The molecule has 0 radical (unpaired) electrons. The van der Waals surface area contributed by atoms with Crippen LogP contribution in [-0.2, 0) is 5.75 Å². The van der Waals surface area contributed by atoms with Gasteiger partial charge in [-0.05, 0) is 18.6 Å². The van der Waals surface area contributed by atoms with Gasteiger partial charge in [0, 0.05) is 16.8 Å². The largest absolute Gasteiger partial charge is 0.304 e. The summed E-state index contributed by atoms with van der Waals surface area (Å²) in [6.07, 6.45) is 3.89. The second kappa shape index (κ2) is 5.27. The smallest absolute Gasteiger partial charge is 0.0996 e. The topological polar surface area (TPSA) is 17.3 Å². The number of hydrogen-bond acceptors (Lipinski definition) is 2. The number of hydrogen-bond donors (Lipinski definition) is 0. The number of halogens is 1. The minimum absolute atomic E-state index is 0.757. The van der Waals surface area contributed by atoms with Crippen LogP contribution in [0.1, 0.15) is 11.3 Å². The minimum Gasteiger partial charge on any atom is -0.304 e. The molecule has 2 aromatic heterocycles. The highest BCUT2D eigenvalue weighted by Crippen LogP contribution is 2.29. The van der Waals surface area contributed by atoms with Crippen LogP contribution in [-0.4, -0.2) is 9.38 Å². The van der Waals surface area contributed by atoms with Gasteiger partial charge in [0.2, 0.25) is 0 Å². The zero-order chi connectivity index (χ0) is 13.2. The summed E-state index contributed by atoms with van der Waals surface area (Å²) in [5, 5.41) is 0.757. The molecule has 0 N–H and O–H groups in total. The highest BCUT2D eigenvalue weighted by molar-refractivity contribution is 7.98. The van der Waals surface area contributed by atoms with E-state index in [9.17, 15) is 0 Å². The summed E-state index contributed by atoms with van der Waals surface area (Å²) < 4.78 is 1.99. The van der Waals surface area contributed by atoms with E-state index in [0.717, 1.165) is 26.9 Å². The molecule has 1 aromatic carbocycles. The lowest BCUT2D eigenvalue weighted by atomic mass is 10.2. The molecule has 0 aliphatic carbocycles. The van der Waals surface area contributed by atoms with Crippen LogP contribution in [0.25, 0.3) is 5.52 Å². The monoisotopic (exact) mass is 288 g/mol. The molecular formula is C15H13ClN2S. The standard InChI is InChI=1S/C15H13ClN2S/c1-11-15-14(16)7-13(8-18(15)10-17-11)19-9-12-5-3-2-4-6-12/h2-8,10H,9H2,1H3. The lowest BCUT2D eigenvalue weighted by Crippen LogP contribution is -1.87. The molecule has 0 aliphatic rings. The number of aryl methyl sites for hydroxylation is 1. The summed E-state index contributed by atoms with van der Waals surface area (Å²) in [6, 6.07) is 12.4. The Balaban J connectivity index is 1.86. The lowest BCUT2D eigenvalue weighted by Gasteiger charge is -2.05. The summed E-state index contributed by atoms with van der Waals surface area (Å²) >= 11 is 8.10. The predicted molar refractivity (Wildman–Crippen MR) is 80.9 cm³/mol. The average molecular weight is 289 g/mol. The summed E-state index contributed by atoms with van der Waals surface area (Å²) in [5.74, 6) is 0.941. The Hall–Kier alpha value is -1.45. The van der Waals surface area contributed by atoms with Crippen molar-refractivity contribution >= 4 is 28.9 Å². The van der Waals surface area contributed by atoms with Crippen LogP contribution in [0, 0.1) is 6.92 Å². The number of fused-ring (bicyclic) bond motifs is 1. The van der Waals surface area contributed by atoms with Gasteiger partial charge in [-0.2, -0.15) is 0 Å². The first-order chi connectivity index (χ1) is 9.24. The first-order valence-corrected chi connectivity index (χ1v) is 7.40. The molecule has 0 saturated heterocycles. The Labute approximate surface area is 121 Å². The van der Waals surface area contributed by atoms with E-state index in [2.05, 4.69) is 35.4 Å². The SMILES string of the molecule is Cc1ncn2cc(SCc3ccccc3)cc(Cl)c12. The maximum absolute atomic E-state index is 6.32. The van der Waals surface area contributed by atoms with Crippen LogP contribution in [0.2, 0.25) is 5.02 Å². The molecule has 96 valence electrons. The van der Waals surface area contributed by atoms with Gasteiger partial charge in [0.1, 0.15) is 0 Å². The van der Waals surface area contributed by atoms with Gasteiger partial charge in [-0.1, -0.05) is 41.9 Å². The average Bonchev–Trinajstić information content (AvgIpc) is 2.80. The van der Waals surface area contributed by atoms with Crippen molar-refractivity contribution in [3.8, 4) is 0 Å². The fraction of sp³-hybridized carbons (Fsp3) is 0.133. The fourth-order valence-electron chi connectivity index (χ4n) is 2.04. The van der Waals surface area contributed by atoms with E-state index in [1.54, 1.807) is 11.8 Å². The molecule has 0 spiro atoms. The Kier molecular flexibility index (Phi) is 3.49. The maximum Gasteiger partial charge on any atom is 0.0996 e. The number of rotatable bonds is 3. The van der Waals surface area contributed by atoms with Crippen molar-refractivity contribution in [3.63, 3.8) is 0 Å². The number of benzene rings is 1. The van der Waals surface area contributed by atoms with E-state index in [-0.39, 0.29) is 0 Å². The van der Waals surface area contributed by atoms with Crippen molar-refractivity contribution in [1.82, 2.24) is 9.38 Å². The van der Waals surface area contributed by atoms with Crippen molar-refractivity contribution < 1.29 is 0 Å². The molecule has 4 heteroatoms. The normalized spacial score (nSPS) is 11.1. The molecular weight excluding hydrogens is 276 g/mol. The molecule has 2 heterocycles. The van der Waals surface area contributed by atoms with Crippen LogP contribution >= 0.6 is 23.4 Å². The third-order valence-corrected chi connectivity index (χ3v) is 4.31. The summed E-state index contributed by atoms with van der Waals surface area (Å²) in [7, 11) is 0. The molecule has 0 unspecified atom stereocenters. The second-order valence-corrected chi connectivity index (χ2v) is 5.84. The van der Waals surface area contributed by atoms with Gasteiger partial charge in [-0.25, -0.2) is 4.98 Å². The van der Waals surface area contributed by atoms with Crippen LogP contribution in [0.3, 0.4) is 0 Å². The van der Waals surface area contributed by atoms with E-state index in [1.807, 2.05) is 29.8 Å². The highest BCUT2D eigenvalue weighted by Gasteiger charge is 2.07. The molecule has 0 fully saturated rings. The van der Waals surface area contributed by atoms with Gasteiger partial charge < -0.3 is 4.40 Å². The Morgan fingerprint density at radius 1 is 1.26 bits per heavy atom. The lowest BCUT2D eigenvalue weighted by molar-refractivity contribution is 1.11. The van der Waals surface area contributed by atoms with E-state index in [4.69, 9.17) is 11.6 Å². The minimum atomic E-state index is 0.757. The van der Waals surface area contributed by atoms with Gasteiger partial charge in [0.15, 0.2) is 0 Å². The zero-order valence-electron chi connectivity index (χ0n) is 10.5. The van der Waals surface area contributed by atoms with Crippen molar-refractivity contribution in [2.75, 3.05) is 0 Å². The van der Waals surface area contributed by atoms with Gasteiger partial charge in [0.25, 0.3) is 0 Å².